The van der Waals surface area contributed by atoms with E-state index in [-0.39, 0.29) is 13.0 Å². The number of nitrogens with zero attached hydrogens (tertiary/aromatic N) is 3. The minimum absolute atomic E-state index is 0.176. The number of amides is 2. The molecule has 306 valence electrons. The molecular formula is C30H47N5O19. The van der Waals surface area contributed by atoms with Crippen LogP contribution in [0.1, 0.15) is 25.3 Å². The van der Waals surface area contributed by atoms with Crippen LogP contribution in [0.15, 0.2) is 18.9 Å². The Morgan fingerprint density at radius 3 is 2.28 bits per heavy atom. The lowest BCUT2D eigenvalue weighted by Gasteiger charge is -2.50. The summed E-state index contributed by atoms with van der Waals surface area (Å²) < 4.78 is 29.2. The number of carboxylic acid groups (broad SMARTS) is 1. The number of hydrogen-bond acceptors (Lipinski definition) is 20. The Bertz CT molecular complexity index is 1430. The van der Waals surface area contributed by atoms with Gasteiger partial charge in [0.2, 0.25) is 11.8 Å². The van der Waals surface area contributed by atoms with Crippen molar-refractivity contribution in [3.8, 4) is 0 Å². The quantitative estimate of drug-likeness (QED) is 0.0693. The second kappa shape index (κ2) is 18.5. The van der Waals surface area contributed by atoms with Gasteiger partial charge in [0.15, 0.2) is 12.5 Å². The van der Waals surface area contributed by atoms with Crippen molar-refractivity contribution in [2.24, 2.45) is 0 Å². The summed E-state index contributed by atoms with van der Waals surface area (Å²) in [5, 5.41) is 128. The first kappa shape index (κ1) is 43.4. The predicted molar refractivity (Wildman–Crippen MR) is 170 cm³/mol. The first-order valence-corrected chi connectivity index (χ1v) is 16.7. The van der Waals surface area contributed by atoms with Crippen LogP contribution in [0.4, 0.5) is 0 Å². The maximum atomic E-state index is 12.7. The fourth-order valence-electron chi connectivity index (χ4n) is 6.33. The smallest absolute Gasteiger partial charge is 0.364 e. The molecule has 4 rings (SSSR count). The van der Waals surface area contributed by atoms with E-state index >= 15 is 0 Å². The van der Waals surface area contributed by atoms with E-state index in [1.807, 2.05) is 0 Å². The van der Waals surface area contributed by atoms with Crippen LogP contribution in [0.2, 0.25) is 0 Å². The van der Waals surface area contributed by atoms with E-state index in [4.69, 9.17) is 23.7 Å². The van der Waals surface area contributed by atoms with Gasteiger partial charge in [-0.15, -0.1) is 5.10 Å². The van der Waals surface area contributed by atoms with Crippen molar-refractivity contribution in [2.75, 3.05) is 26.4 Å². The van der Waals surface area contributed by atoms with Crippen LogP contribution < -0.4 is 10.6 Å². The molecule has 0 bridgehead atoms. The molecule has 0 aromatic carbocycles. The third kappa shape index (κ3) is 9.37. The number of hydrogen-bond donors (Lipinski definition) is 13. The van der Waals surface area contributed by atoms with Crippen molar-refractivity contribution in [2.45, 2.75) is 117 Å². The number of nitrogens with one attached hydrogen (secondary N) is 2. The van der Waals surface area contributed by atoms with Crippen molar-refractivity contribution in [3.63, 3.8) is 0 Å². The molecule has 3 aliphatic heterocycles. The summed E-state index contributed by atoms with van der Waals surface area (Å²) in [7, 11) is 0. The third-order valence-electron chi connectivity index (χ3n) is 9.15. The molecule has 0 aliphatic carbocycles. The first-order valence-electron chi connectivity index (χ1n) is 16.7. The molecular weight excluding hydrogens is 734 g/mol. The average Bonchev–Trinajstić information content (AvgIpc) is 3.61. The van der Waals surface area contributed by atoms with Crippen LogP contribution in [0.5, 0.6) is 0 Å². The summed E-state index contributed by atoms with van der Waals surface area (Å²) in [6.45, 7) is 1.64. The Morgan fingerprint density at radius 1 is 1.04 bits per heavy atom. The largest absolute Gasteiger partial charge is 0.477 e. The molecule has 24 nitrogen and oxygen atoms in total. The minimum Gasteiger partial charge on any atom is -0.477 e. The number of ether oxygens (including phenoxy) is 5. The van der Waals surface area contributed by atoms with Gasteiger partial charge in [0.05, 0.1) is 43.9 Å². The first-order chi connectivity index (χ1) is 25.5. The van der Waals surface area contributed by atoms with Crippen LogP contribution >= 0.6 is 0 Å². The zero-order valence-corrected chi connectivity index (χ0v) is 28.8. The predicted octanol–water partition coefficient (Wildman–Crippen LogP) is -7.91. The molecule has 0 unspecified atom stereocenters. The Labute approximate surface area is 306 Å². The second-order valence-electron chi connectivity index (χ2n) is 12.9. The van der Waals surface area contributed by atoms with Gasteiger partial charge in [0, 0.05) is 26.3 Å². The maximum Gasteiger partial charge on any atom is 0.364 e. The average molecular weight is 782 g/mol. The number of aliphatic carboxylic acids is 1. The Balaban J connectivity index is 1.50. The molecule has 0 radical (unpaired) electrons. The van der Waals surface area contributed by atoms with Gasteiger partial charge in [-0.2, -0.15) is 0 Å². The van der Waals surface area contributed by atoms with Crippen molar-refractivity contribution < 1.29 is 94.2 Å². The lowest BCUT2D eigenvalue weighted by molar-refractivity contribution is -0.381. The number of carbonyl (C=O) groups excluding carboxylic acids is 2. The van der Waals surface area contributed by atoms with E-state index in [0.29, 0.717) is 5.69 Å². The van der Waals surface area contributed by atoms with Gasteiger partial charge in [-0.3, -0.25) is 9.59 Å². The number of aliphatic hydroxyl groups is 10. The second-order valence-corrected chi connectivity index (χ2v) is 12.9. The van der Waals surface area contributed by atoms with Gasteiger partial charge in [-0.05, 0) is 6.08 Å². The lowest BCUT2D eigenvalue weighted by Crippen LogP contribution is -2.70. The molecule has 3 fully saturated rings. The van der Waals surface area contributed by atoms with Crippen molar-refractivity contribution in [3.05, 3.63) is 24.5 Å². The lowest BCUT2D eigenvalue weighted by atomic mass is 9.88. The van der Waals surface area contributed by atoms with Crippen LogP contribution in [0.3, 0.4) is 0 Å². The van der Waals surface area contributed by atoms with Gasteiger partial charge < -0.3 is 90.5 Å². The molecule has 24 heteroatoms. The van der Waals surface area contributed by atoms with Gasteiger partial charge in [-0.1, -0.05) is 11.8 Å². The molecule has 0 spiro atoms. The molecule has 2 amide bonds. The van der Waals surface area contributed by atoms with E-state index in [2.05, 4.69) is 27.5 Å². The number of carboxylic acids is 1. The highest BCUT2D eigenvalue weighted by Gasteiger charge is 2.60. The monoisotopic (exact) mass is 781 g/mol. The van der Waals surface area contributed by atoms with Gasteiger partial charge in [0.25, 0.3) is 5.79 Å². The standard InChI is InChI=1S/C30H47N5O19/c1-3-17(42)31-5-4-12-7-35(34-33-12)27-22(46)20(44)24(15(9-37)50-27)52-28-23(47)21(45)25(16(10-38)51-28)53-30(29(48)49)6-13(40)18(32-11(2)39)26(54-30)19(43)14(41)8-36/h3,7,13-16,18-28,36-38,40-41,43-47H,1,4-6,8-10H2,2H3,(H,31,42)(H,32,39)(H,48,49)/t13-,14+,15+,16+,18+,19+,20+,21-,22+,23+,24+,25-,26+,27+,28-,30+/m0/s1. The molecule has 1 aromatic heterocycles. The van der Waals surface area contributed by atoms with Crippen molar-refractivity contribution in [1.29, 1.82) is 0 Å². The van der Waals surface area contributed by atoms with Gasteiger partial charge >= 0.3 is 5.97 Å². The molecule has 3 aliphatic rings. The molecule has 0 saturated carbocycles. The Kier molecular flexibility index (Phi) is 14.9. The normalized spacial score (nSPS) is 38.2. The van der Waals surface area contributed by atoms with E-state index in [9.17, 15) is 70.6 Å². The minimum atomic E-state index is -3.00. The molecule has 1 aromatic rings. The molecule has 13 N–H and O–H groups in total. The fourth-order valence-corrected chi connectivity index (χ4v) is 6.33. The van der Waals surface area contributed by atoms with Crippen LogP contribution in [0, 0.1) is 0 Å². The summed E-state index contributed by atoms with van der Waals surface area (Å²) in [6, 6.07) is -1.54. The van der Waals surface area contributed by atoms with Crippen LogP contribution in [0.25, 0.3) is 0 Å². The molecule has 16 atom stereocenters. The zero-order chi connectivity index (χ0) is 40.1. The summed E-state index contributed by atoms with van der Waals surface area (Å²) in [6.07, 6.45) is -24.4. The maximum absolute atomic E-state index is 12.7. The SMILES string of the molecule is C=CC(=O)NCCc1cn([C@@H]2O[C@H](CO)[C@@H](O[C@@H]3O[C@H](CO)[C@H](O[C@]4(C(=O)O)C[C@H](O)[C@@H](NC(C)=O)[C@H]([C@H](O)[C@H](O)CO)O4)[C@@H](O)[C@H]3O)[C@H](O)[C@H]2O)nn1. The molecule has 54 heavy (non-hydrogen) atoms. The highest BCUT2D eigenvalue weighted by Crippen LogP contribution is 2.38. The summed E-state index contributed by atoms with van der Waals surface area (Å²) >= 11 is 0. The Hall–Kier alpha value is -3.31. The summed E-state index contributed by atoms with van der Waals surface area (Å²) in [4.78, 5) is 35.9. The fraction of sp³-hybridized carbons (Fsp3) is 0.767. The summed E-state index contributed by atoms with van der Waals surface area (Å²) in [5.74, 6) is -6.11. The molecule has 4 heterocycles. The van der Waals surface area contributed by atoms with Crippen molar-refractivity contribution >= 4 is 17.8 Å². The van der Waals surface area contributed by atoms with Gasteiger partial charge in [-0.25, -0.2) is 9.48 Å². The third-order valence-corrected chi connectivity index (χ3v) is 9.15. The topological polar surface area (TPSA) is 375 Å². The van der Waals surface area contributed by atoms with Crippen molar-refractivity contribution in [1.82, 2.24) is 25.6 Å². The zero-order valence-electron chi connectivity index (χ0n) is 28.8. The van der Waals surface area contributed by atoms with E-state index in [1.165, 1.54) is 6.20 Å². The molecule has 3 saturated heterocycles. The van der Waals surface area contributed by atoms with Gasteiger partial charge in [0.1, 0.15) is 67.1 Å². The Morgan fingerprint density at radius 2 is 1.69 bits per heavy atom. The highest BCUT2D eigenvalue weighted by atomic mass is 16.8. The van der Waals surface area contributed by atoms with Crippen LogP contribution in [-0.2, 0) is 44.5 Å². The number of carbonyl (C=O) groups is 3. The number of aliphatic hydroxyl groups excluding tert-OH is 10. The number of aromatic nitrogens is 3. The van der Waals surface area contributed by atoms with E-state index < -0.39 is 142 Å². The van der Waals surface area contributed by atoms with E-state index in [0.717, 1.165) is 17.7 Å². The van der Waals surface area contributed by atoms with E-state index in [1.54, 1.807) is 0 Å². The summed E-state index contributed by atoms with van der Waals surface area (Å²) in [5.41, 5.74) is 0.364. The van der Waals surface area contributed by atoms with Crippen LogP contribution in [-0.4, -0.2) is 207 Å². The highest BCUT2D eigenvalue weighted by molar-refractivity contribution is 5.86. The number of rotatable bonds is 16.